The molecular formula is C20H23N5O2S. The van der Waals surface area contributed by atoms with Crippen LogP contribution in [0.2, 0.25) is 0 Å². The molecule has 2 aliphatic rings. The van der Waals surface area contributed by atoms with E-state index in [0.29, 0.717) is 13.2 Å². The number of aromatic nitrogens is 5. The first-order valence-electron chi connectivity index (χ1n) is 9.63. The normalized spacial score (nSPS) is 22.2. The molecule has 2 aliphatic heterocycles. The van der Waals surface area contributed by atoms with Gasteiger partial charge in [0.1, 0.15) is 0 Å². The number of ether oxygens (including phenoxy) is 2. The molecule has 0 spiro atoms. The van der Waals surface area contributed by atoms with Crippen molar-refractivity contribution in [2.24, 2.45) is 0 Å². The van der Waals surface area contributed by atoms with Gasteiger partial charge in [-0.2, -0.15) is 5.10 Å². The Kier molecular flexibility index (Phi) is 4.92. The zero-order valence-electron chi connectivity index (χ0n) is 15.8. The third-order valence-corrected chi connectivity index (χ3v) is 6.05. The zero-order valence-corrected chi connectivity index (χ0v) is 16.6. The molecule has 4 heterocycles. The maximum atomic E-state index is 5.60. The average Bonchev–Trinajstić information content (AvgIpc) is 3.53. The third-order valence-electron chi connectivity index (χ3n) is 5.39. The molecule has 0 amide bonds. The van der Waals surface area contributed by atoms with Crippen LogP contribution in [0.3, 0.4) is 0 Å². The second-order valence-corrected chi connectivity index (χ2v) is 7.92. The molecule has 8 heteroatoms. The predicted molar refractivity (Wildman–Crippen MR) is 107 cm³/mol. The van der Waals surface area contributed by atoms with Crippen LogP contribution in [0.5, 0.6) is 0 Å². The molecule has 5 rings (SSSR count). The van der Waals surface area contributed by atoms with Gasteiger partial charge in [0.05, 0.1) is 19.3 Å². The summed E-state index contributed by atoms with van der Waals surface area (Å²) in [7, 11) is 0. The molecule has 2 aromatic heterocycles. The van der Waals surface area contributed by atoms with E-state index in [2.05, 4.69) is 38.5 Å². The monoisotopic (exact) mass is 397 g/mol. The van der Waals surface area contributed by atoms with Gasteiger partial charge in [-0.1, -0.05) is 11.8 Å². The van der Waals surface area contributed by atoms with Crippen LogP contribution >= 0.6 is 11.8 Å². The van der Waals surface area contributed by atoms with Crippen LogP contribution in [0.25, 0.3) is 17.1 Å². The van der Waals surface area contributed by atoms with Crippen LogP contribution in [-0.4, -0.2) is 57.0 Å². The molecule has 146 valence electrons. The highest BCUT2D eigenvalue weighted by Crippen LogP contribution is 2.30. The average molecular weight is 398 g/mol. The van der Waals surface area contributed by atoms with Crippen LogP contribution in [0, 0.1) is 0 Å². The van der Waals surface area contributed by atoms with Crippen LogP contribution in [0.1, 0.15) is 30.6 Å². The lowest BCUT2D eigenvalue weighted by molar-refractivity contribution is 0.184. The molecule has 3 aromatic rings. The fourth-order valence-corrected chi connectivity index (χ4v) is 4.35. The Labute approximate surface area is 168 Å². The number of hydrogen-bond acceptors (Lipinski definition) is 6. The van der Waals surface area contributed by atoms with E-state index in [1.807, 2.05) is 18.6 Å². The number of hydrogen-bond donors (Lipinski definition) is 0. The summed E-state index contributed by atoms with van der Waals surface area (Å²) >= 11 is 1.63. The van der Waals surface area contributed by atoms with Gasteiger partial charge in [-0.15, -0.1) is 0 Å². The molecule has 2 fully saturated rings. The Bertz CT molecular complexity index is 940. The predicted octanol–water partition coefficient (Wildman–Crippen LogP) is 3.32. The van der Waals surface area contributed by atoms with Gasteiger partial charge >= 0.3 is 0 Å². The first-order valence-corrected chi connectivity index (χ1v) is 10.9. The molecule has 0 N–H and O–H groups in total. The number of thioether (sulfide) groups is 1. The van der Waals surface area contributed by atoms with Crippen LogP contribution < -0.4 is 0 Å². The molecule has 0 aliphatic carbocycles. The third kappa shape index (κ3) is 3.25. The Morgan fingerprint density at radius 3 is 2.61 bits per heavy atom. The number of benzene rings is 1. The topological polar surface area (TPSA) is 67.0 Å². The van der Waals surface area contributed by atoms with Crippen molar-refractivity contribution >= 4 is 11.8 Å². The molecule has 0 saturated carbocycles. The fraction of sp³-hybridized carbons (Fsp3) is 0.450. The molecule has 0 bridgehead atoms. The highest BCUT2D eigenvalue weighted by atomic mass is 32.2. The SMILES string of the molecule is CSc1nccn1-c1ccc(-c2nc(C3CCOC3)nn2C2CCOC2)cc1. The molecule has 28 heavy (non-hydrogen) atoms. The minimum atomic E-state index is 0.245. The van der Waals surface area contributed by atoms with E-state index < -0.39 is 0 Å². The first kappa shape index (κ1) is 17.9. The highest BCUT2D eigenvalue weighted by molar-refractivity contribution is 7.98. The van der Waals surface area contributed by atoms with Crippen molar-refractivity contribution in [3.8, 4) is 17.1 Å². The first-order chi connectivity index (χ1) is 13.8. The molecule has 1 aromatic carbocycles. The highest BCUT2D eigenvalue weighted by Gasteiger charge is 2.28. The van der Waals surface area contributed by atoms with Crippen LogP contribution in [-0.2, 0) is 9.47 Å². The Morgan fingerprint density at radius 1 is 1.07 bits per heavy atom. The zero-order chi connectivity index (χ0) is 18.9. The molecule has 7 nitrogen and oxygen atoms in total. The van der Waals surface area contributed by atoms with Crippen molar-refractivity contribution in [3.05, 3.63) is 42.5 Å². The molecule has 2 atom stereocenters. The van der Waals surface area contributed by atoms with Crippen molar-refractivity contribution in [2.75, 3.05) is 32.7 Å². The second kappa shape index (κ2) is 7.69. The Hall–Kier alpha value is -2.16. The summed E-state index contributed by atoms with van der Waals surface area (Å²) in [4.78, 5) is 9.31. The largest absolute Gasteiger partial charge is 0.381 e. The quantitative estimate of drug-likeness (QED) is 0.616. The van der Waals surface area contributed by atoms with Gasteiger partial charge in [0.25, 0.3) is 0 Å². The minimum absolute atomic E-state index is 0.245. The van der Waals surface area contributed by atoms with Gasteiger partial charge in [0.2, 0.25) is 0 Å². The van der Waals surface area contributed by atoms with Crippen molar-refractivity contribution in [1.29, 1.82) is 0 Å². The van der Waals surface area contributed by atoms with Gasteiger partial charge in [0, 0.05) is 42.8 Å². The summed E-state index contributed by atoms with van der Waals surface area (Å²) < 4.78 is 15.3. The van der Waals surface area contributed by atoms with Crippen LogP contribution in [0.4, 0.5) is 0 Å². The van der Waals surface area contributed by atoms with E-state index in [1.165, 1.54) is 0 Å². The van der Waals surface area contributed by atoms with E-state index in [0.717, 1.165) is 54.1 Å². The van der Waals surface area contributed by atoms with Gasteiger partial charge in [-0.25, -0.2) is 14.6 Å². The number of imidazole rings is 1. The van der Waals surface area contributed by atoms with Crippen molar-refractivity contribution in [3.63, 3.8) is 0 Å². The summed E-state index contributed by atoms with van der Waals surface area (Å²) in [6.07, 6.45) is 7.81. The van der Waals surface area contributed by atoms with E-state index in [-0.39, 0.29) is 12.0 Å². The Morgan fingerprint density at radius 2 is 1.89 bits per heavy atom. The van der Waals surface area contributed by atoms with E-state index in [1.54, 1.807) is 11.8 Å². The van der Waals surface area contributed by atoms with Gasteiger partial charge in [-0.05, 0) is 43.4 Å². The maximum absolute atomic E-state index is 5.60. The van der Waals surface area contributed by atoms with Crippen molar-refractivity contribution in [2.45, 2.75) is 30.0 Å². The minimum Gasteiger partial charge on any atom is -0.381 e. The second-order valence-electron chi connectivity index (χ2n) is 7.15. The van der Waals surface area contributed by atoms with E-state index in [4.69, 9.17) is 19.6 Å². The van der Waals surface area contributed by atoms with E-state index >= 15 is 0 Å². The van der Waals surface area contributed by atoms with E-state index in [9.17, 15) is 0 Å². The summed E-state index contributed by atoms with van der Waals surface area (Å²) in [5.74, 6) is 2.10. The van der Waals surface area contributed by atoms with Crippen molar-refractivity contribution < 1.29 is 9.47 Å². The van der Waals surface area contributed by atoms with Gasteiger partial charge < -0.3 is 9.47 Å². The molecule has 2 unspecified atom stereocenters. The lowest BCUT2D eigenvalue weighted by atomic mass is 10.1. The standard InChI is InChI=1S/C20H23N5O2S/c1-28-20-21-8-9-24(20)16-4-2-14(3-5-16)19-22-18(15-6-10-26-12-15)23-25(19)17-7-11-27-13-17/h2-5,8-9,15,17H,6-7,10-13H2,1H3. The van der Waals surface area contributed by atoms with Gasteiger partial charge in [0.15, 0.2) is 16.8 Å². The molecule has 2 saturated heterocycles. The lowest BCUT2D eigenvalue weighted by Crippen LogP contribution is -2.12. The van der Waals surface area contributed by atoms with Gasteiger partial charge in [-0.3, -0.25) is 4.57 Å². The molecular weight excluding hydrogens is 374 g/mol. The summed E-state index contributed by atoms with van der Waals surface area (Å²) in [6, 6.07) is 8.70. The Balaban J connectivity index is 1.50. The maximum Gasteiger partial charge on any atom is 0.172 e. The summed E-state index contributed by atoms with van der Waals surface area (Å²) in [5.41, 5.74) is 2.16. The summed E-state index contributed by atoms with van der Waals surface area (Å²) in [5, 5.41) is 5.85. The summed E-state index contributed by atoms with van der Waals surface area (Å²) in [6.45, 7) is 2.98. The smallest absolute Gasteiger partial charge is 0.172 e. The van der Waals surface area contributed by atoms with Crippen molar-refractivity contribution in [1.82, 2.24) is 24.3 Å². The molecule has 0 radical (unpaired) electrons. The fourth-order valence-electron chi connectivity index (χ4n) is 3.83. The van der Waals surface area contributed by atoms with Crippen LogP contribution in [0.15, 0.2) is 41.8 Å². The lowest BCUT2D eigenvalue weighted by Gasteiger charge is -2.12. The number of rotatable bonds is 5. The number of nitrogens with zero attached hydrogens (tertiary/aromatic N) is 5.